The summed E-state index contributed by atoms with van der Waals surface area (Å²) < 4.78 is 19.3. The minimum absolute atomic E-state index is 0.00787. The number of amides is 1. The van der Waals surface area contributed by atoms with Crippen molar-refractivity contribution < 1.29 is 13.9 Å². The van der Waals surface area contributed by atoms with Gasteiger partial charge in [-0.3, -0.25) is 9.78 Å². The number of methoxy groups -OCH3 is 1. The smallest absolute Gasteiger partial charge is 0.222 e. The molecule has 2 aromatic heterocycles. The van der Waals surface area contributed by atoms with E-state index < -0.39 is 0 Å². The maximum atomic E-state index is 13.5. The van der Waals surface area contributed by atoms with E-state index in [1.807, 2.05) is 30.3 Å². The zero-order valence-corrected chi connectivity index (χ0v) is 18.9. The van der Waals surface area contributed by atoms with Crippen LogP contribution in [-0.2, 0) is 4.79 Å². The van der Waals surface area contributed by atoms with Crippen LogP contribution in [0.5, 0.6) is 5.75 Å². The van der Waals surface area contributed by atoms with Crippen LogP contribution in [0.25, 0.3) is 22.3 Å². The maximum absolute atomic E-state index is 13.5. The molecule has 7 nitrogen and oxygen atoms in total. The molecule has 0 saturated heterocycles. The van der Waals surface area contributed by atoms with Gasteiger partial charge in [0.15, 0.2) is 5.82 Å². The van der Waals surface area contributed by atoms with Gasteiger partial charge in [-0.25, -0.2) is 14.4 Å². The highest BCUT2D eigenvalue weighted by Gasteiger charge is 2.32. The minimum Gasteiger partial charge on any atom is -0.494 e. The Morgan fingerprint density at radius 2 is 2.15 bits per heavy atom. The van der Waals surface area contributed by atoms with Crippen LogP contribution in [0, 0.1) is 5.92 Å². The number of allylic oxidation sites excluding steroid dienone is 4. The highest BCUT2D eigenvalue weighted by atomic mass is 19.1. The molecule has 3 atom stereocenters. The number of pyridine rings is 1. The van der Waals surface area contributed by atoms with Crippen LogP contribution in [0.2, 0.25) is 0 Å². The first-order chi connectivity index (χ1) is 16.5. The lowest BCUT2D eigenvalue weighted by atomic mass is 9.91. The number of primary amides is 1. The predicted molar refractivity (Wildman–Crippen MR) is 129 cm³/mol. The molecule has 34 heavy (non-hydrogen) atoms. The molecule has 3 unspecified atom stereocenters. The topological polar surface area (TPSA) is 103 Å². The first kappa shape index (κ1) is 22.0. The molecule has 1 amide bonds. The number of carbonyl (C=O) groups is 1. The summed E-state index contributed by atoms with van der Waals surface area (Å²) in [6.45, 7) is 0. The Kier molecular flexibility index (Phi) is 5.96. The number of nitrogens with two attached hydrogens (primary N) is 1. The lowest BCUT2D eigenvalue weighted by molar-refractivity contribution is -0.121. The van der Waals surface area contributed by atoms with Crippen molar-refractivity contribution in [3.05, 3.63) is 66.3 Å². The van der Waals surface area contributed by atoms with Crippen molar-refractivity contribution in [2.24, 2.45) is 11.7 Å². The number of benzene rings is 1. The van der Waals surface area contributed by atoms with Crippen LogP contribution < -0.4 is 15.8 Å². The number of halogens is 1. The summed E-state index contributed by atoms with van der Waals surface area (Å²) >= 11 is 0. The van der Waals surface area contributed by atoms with Gasteiger partial charge in [0.2, 0.25) is 5.91 Å². The highest BCUT2D eigenvalue weighted by molar-refractivity contribution is 5.95. The first-order valence-electron chi connectivity index (χ1n) is 11.4. The number of anilines is 1. The molecule has 2 aliphatic carbocycles. The molecule has 1 fully saturated rings. The van der Waals surface area contributed by atoms with Crippen molar-refractivity contribution in [1.29, 1.82) is 0 Å². The summed E-state index contributed by atoms with van der Waals surface area (Å²) in [6, 6.07) is 7.58. The van der Waals surface area contributed by atoms with Crippen LogP contribution in [0.4, 0.5) is 10.2 Å². The molecule has 0 bridgehead atoms. The fourth-order valence-corrected chi connectivity index (χ4v) is 4.82. The average Bonchev–Trinajstić information content (AvgIpc) is 3.33. The quantitative estimate of drug-likeness (QED) is 0.556. The SMILES string of the molecule is COc1cc(C2C=CC(F)=CC2)cc2c(NC3CCCC3C(N)=O)nc(-c3cccnc3)nc12. The van der Waals surface area contributed by atoms with E-state index in [0.29, 0.717) is 29.3 Å². The van der Waals surface area contributed by atoms with Crippen molar-refractivity contribution >= 4 is 22.6 Å². The third kappa shape index (κ3) is 4.23. The Morgan fingerprint density at radius 3 is 2.85 bits per heavy atom. The van der Waals surface area contributed by atoms with E-state index in [9.17, 15) is 9.18 Å². The van der Waals surface area contributed by atoms with Gasteiger partial charge in [-0.15, -0.1) is 0 Å². The average molecular weight is 460 g/mol. The molecule has 3 N–H and O–H groups in total. The van der Waals surface area contributed by atoms with E-state index >= 15 is 0 Å². The summed E-state index contributed by atoms with van der Waals surface area (Å²) in [5.74, 6) is 0.938. The second-order valence-electron chi connectivity index (χ2n) is 8.74. The van der Waals surface area contributed by atoms with Crippen LogP contribution in [-0.4, -0.2) is 34.0 Å². The molecule has 1 saturated carbocycles. The van der Waals surface area contributed by atoms with Gasteiger partial charge in [0.05, 0.1) is 13.0 Å². The lowest BCUT2D eigenvalue weighted by Crippen LogP contribution is -2.34. The zero-order valence-electron chi connectivity index (χ0n) is 18.9. The third-order valence-corrected chi connectivity index (χ3v) is 6.61. The molecule has 0 aliphatic heterocycles. The van der Waals surface area contributed by atoms with E-state index in [4.69, 9.17) is 20.4 Å². The predicted octanol–water partition coefficient (Wildman–Crippen LogP) is 4.66. The lowest BCUT2D eigenvalue weighted by Gasteiger charge is -2.22. The molecule has 3 aromatic rings. The molecule has 0 spiro atoms. The Hall–Kier alpha value is -3.81. The summed E-state index contributed by atoms with van der Waals surface area (Å²) in [7, 11) is 1.61. The van der Waals surface area contributed by atoms with E-state index in [0.717, 1.165) is 35.8 Å². The molecular weight excluding hydrogens is 433 g/mol. The second kappa shape index (κ2) is 9.21. The van der Waals surface area contributed by atoms with Crippen molar-refractivity contribution in [2.45, 2.75) is 37.6 Å². The third-order valence-electron chi connectivity index (χ3n) is 6.61. The largest absolute Gasteiger partial charge is 0.494 e. The van der Waals surface area contributed by atoms with Gasteiger partial charge >= 0.3 is 0 Å². The molecule has 174 valence electrons. The molecule has 8 heteroatoms. The normalized spacial score (nSPS) is 21.9. The van der Waals surface area contributed by atoms with E-state index in [1.165, 1.54) is 6.08 Å². The maximum Gasteiger partial charge on any atom is 0.222 e. The van der Waals surface area contributed by atoms with Crippen molar-refractivity contribution in [3.63, 3.8) is 0 Å². The second-order valence-corrected chi connectivity index (χ2v) is 8.74. The van der Waals surface area contributed by atoms with E-state index in [1.54, 1.807) is 25.6 Å². The standard InChI is InChI=1S/C26H26FN5O2/c1-34-22-13-17(15-7-9-18(27)10-8-15)12-20-23(22)31-25(16-4-3-11-29-14-16)32-26(20)30-21-6-2-5-19(21)24(28)33/h3-4,7,9-15,19,21H,2,5-6,8H2,1H3,(H2,28,33)(H,30,31,32). The number of hydrogen-bond acceptors (Lipinski definition) is 6. The fraction of sp³-hybridized carbons (Fsp3) is 0.308. The summed E-state index contributed by atoms with van der Waals surface area (Å²) in [5.41, 5.74) is 8.07. The molecular formula is C26H26FN5O2. The first-order valence-corrected chi connectivity index (χ1v) is 11.4. The molecule has 2 heterocycles. The Morgan fingerprint density at radius 1 is 1.26 bits per heavy atom. The van der Waals surface area contributed by atoms with Crippen molar-refractivity contribution in [3.8, 4) is 17.1 Å². The van der Waals surface area contributed by atoms with Crippen LogP contribution in [0.3, 0.4) is 0 Å². The van der Waals surface area contributed by atoms with Crippen molar-refractivity contribution in [2.75, 3.05) is 12.4 Å². The number of nitrogens with zero attached hydrogens (tertiary/aromatic N) is 3. The number of ether oxygens (including phenoxy) is 1. The monoisotopic (exact) mass is 459 g/mol. The Balaban J connectivity index is 1.66. The number of aromatic nitrogens is 3. The van der Waals surface area contributed by atoms with Crippen LogP contribution in [0.1, 0.15) is 37.2 Å². The van der Waals surface area contributed by atoms with Gasteiger partial charge < -0.3 is 15.8 Å². The van der Waals surface area contributed by atoms with Gasteiger partial charge in [-0.05, 0) is 61.2 Å². The molecule has 0 radical (unpaired) electrons. The number of rotatable bonds is 6. The Bertz CT molecular complexity index is 1290. The molecule has 5 rings (SSSR count). The van der Waals surface area contributed by atoms with Gasteiger partial charge in [0.25, 0.3) is 0 Å². The summed E-state index contributed by atoms with van der Waals surface area (Å²) in [5, 5.41) is 4.27. The fourth-order valence-electron chi connectivity index (χ4n) is 4.82. The number of hydrogen-bond donors (Lipinski definition) is 2. The van der Waals surface area contributed by atoms with Crippen molar-refractivity contribution in [1.82, 2.24) is 15.0 Å². The number of fused-ring (bicyclic) bond motifs is 1. The van der Waals surface area contributed by atoms with Gasteiger partial charge in [-0.1, -0.05) is 12.5 Å². The van der Waals surface area contributed by atoms with E-state index in [2.05, 4.69) is 10.3 Å². The molecule has 2 aliphatic rings. The van der Waals surface area contributed by atoms with Gasteiger partial charge in [0, 0.05) is 35.3 Å². The Labute approximate surface area is 197 Å². The summed E-state index contributed by atoms with van der Waals surface area (Å²) in [4.78, 5) is 25.9. The summed E-state index contributed by atoms with van der Waals surface area (Å²) in [6.07, 6.45) is 11.4. The van der Waals surface area contributed by atoms with Crippen LogP contribution in [0.15, 0.2) is 60.7 Å². The van der Waals surface area contributed by atoms with Crippen LogP contribution >= 0.6 is 0 Å². The van der Waals surface area contributed by atoms with E-state index in [-0.39, 0.29) is 29.6 Å². The molecule has 1 aromatic carbocycles. The number of nitrogens with one attached hydrogen (secondary N) is 1. The zero-order chi connectivity index (χ0) is 23.7. The number of carbonyl (C=O) groups excluding carboxylic acids is 1. The van der Waals surface area contributed by atoms with Gasteiger partial charge in [0.1, 0.15) is 22.9 Å². The van der Waals surface area contributed by atoms with Gasteiger partial charge in [-0.2, -0.15) is 0 Å². The minimum atomic E-state index is -0.305. The highest BCUT2D eigenvalue weighted by Crippen LogP contribution is 2.38.